The van der Waals surface area contributed by atoms with Gasteiger partial charge in [-0.2, -0.15) is 0 Å². The molecule has 0 fully saturated rings. The van der Waals surface area contributed by atoms with Gasteiger partial charge in [-0.3, -0.25) is 0 Å². The smallest absolute Gasteiger partial charge is 0.193 e. The van der Waals surface area contributed by atoms with Crippen LogP contribution in [0.2, 0.25) is 0 Å². The Hall–Kier alpha value is -2.94. The van der Waals surface area contributed by atoms with Crippen LogP contribution < -0.4 is 25.3 Å². The zero-order valence-corrected chi connectivity index (χ0v) is 19.3. The summed E-state index contributed by atoms with van der Waals surface area (Å²) in [6.07, 6.45) is 0. The number of nitrogens with one attached hydrogen (secondary N) is 1. The van der Waals surface area contributed by atoms with E-state index < -0.39 is 0 Å². The largest absolute Gasteiger partial charge is 0.497 e. The van der Waals surface area contributed by atoms with Gasteiger partial charge in [-0.05, 0) is 35.4 Å². The number of nitrogens with zero attached hydrogens (tertiary/aromatic N) is 1. The van der Waals surface area contributed by atoms with E-state index in [-0.39, 0.29) is 24.0 Å². The van der Waals surface area contributed by atoms with E-state index in [0.717, 1.165) is 16.9 Å². The van der Waals surface area contributed by atoms with Crippen molar-refractivity contribution in [1.29, 1.82) is 0 Å². The van der Waals surface area contributed by atoms with Gasteiger partial charge in [0.2, 0.25) is 0 Å². The van der Waals surface area contributed by atoms with Crippen molar-refractivity contribution < 1.29 is 14.2 Å². The lowest BCUT2D eigenvalue weighted by molar-refractivity contribution is 0.306. The molecule has 3 N–H and O–H groups in total. The van der Waals surface area contributed by atoms with Crippen molar-refractivity contribution in [3.05, 3.63) is 83.9 Å². The Morgan fingerprint density at radius 3 is 2.23 bits per heavy atom. The van der Waals surface area contributed by atoms with Gasteiger partial charge in [0.05, 0.1) is 26.5 Å². The third kappa shape index (κ3) is 6.84. The lowest BCUT2D eigenvalue weighted by Gasteiger charge is -2.12. The molecular formula is C23H26IN3O3. The number of benzene rings is 3. The summed E-state index contributed by atoms with van der Waals surface area (Å²) in [4.78, 5) is 4.39. The normalized spacial score (nSPS) is 10.7. The first kappa shape index (κ1) is 23.3. The third-order valence-corrected chi connectivity index (χ3v) is 4.27. The van der Waals surface area contributed by atoms with E-state index in [1.54, 1.807) is 20.3 Å². The fraction of sp³-hybridized carbons (Fsp3) is 0.174. The minimum atomic E-state index is 0. The van der Waals surface area contributed by atoms with Crippen LogP contribution in [-0.2, 0) is 13.2 Å². The van der Waals surface area contributed by atoms with Crippen molar-refractivity contribution >= 4 is 35.6 Å². The Labute approximate surface area is 194 Å². The van der Waals surface area contributed by atoms with Gasteiger partial charge in [0, 0.05) is 6.07 Å². The van der Waals surface area contributed by atoms with Crippen LogP contribution in [0.3, 0.4) is 0 Å². The first-order chi connectivity index (χ1) is 14.2. The predicted molar refractivity (Wildman–Crippen MR) is 131 cm³/mol. The number of aliphatic imine (C=N–C) groups is 1. The van der Waals surface area contributed by atoms with Gasteiger partial charge >= 0.3 is 0 Å². The first-order valence-electron chi connectivity index (χ1n) is 9.22. The number of hydrogen-bond donors (Lipinski definition) is 2. The zero-order valence-electron chi connectivity index (χ0n) is 17.0. The predicted octanol–water partition coefficient (Wildman–Crippen LogP) is 4.83. The van der Waals surface area contributed by atoms with E-state index >= 15 is 0 Å². The molecule has 0 radical (unpaired) electrons. The average molecular weight is 519 g/mol. The summed E-state index contributed by atoms with van der Waals surface area (Å²) in [5.74, 6) is 2.46. The summed E-state index contributed by atoms with van der Waals surface area (Å²) >= 11 is 0. The second kappa shape index (κ2) is 11.9. The summed E-state index contributed by atoms with van der Waals surface area (Å²) in [5, 5.41) is 3.05. The molecule has 0 aliphatic rings. The minimum absolute atomic E-state index is 0. The molecule has 0 unspecified atom stereocenters. The molecule has 0 amide bonds. The van der Waals surface area contributed by atoms with Gasteiger partial charge in [0.1, 0.15) is 23.9 Å². The molecule has 30 heavy (non-hydrogen) atoms. The lowest BCUT2D eigenvalue weighted by atomic mass is 10.2. The molecule has 3 aromatic carbocycles. The van der Waals surface area contributed by atoms with Crippen LogP contribution in [0.5, 0.6) is 17.2 Å². The Bertz CT molecular complexity index is 948. The number of halogens is 1. The number of nitrogens with two attached hydrogens (primary N) is 1. The van der Waals surface area contributed by atoms with Crippen molar-refractivity contribution in [2.24, 2.45) is 10.7 Å². The average Bonchev–Trinajstić information content (AvgIpc) is 2.77. The fourth-order valence-corrected chi connectivity index (χ4v) is 2.70. The molecule has 0 aromatic heterocycles. The standard InChI is InChI=1S/C23H25N3O3.HI/c1-27-20-12-13-22(28-2)21(14-20)26-23(24)25-15-17-8-10-19(11-9-17)29-16-18-6-4-3-5-7-18;/h3-14H,15-16H2,1-2H3,(H3,24,25,26);1H. The van der Waals surface area contributed by atoms with E-state index in [1.165, 1.54) is 0 Å². The van der Waals surface area contributed by atoms with E-state index in [4.69, 9.17) is 19.9 Å². The SMILES string of the molecule is COc1ccc(OC)c(NC(N)=NCc2ccc(OCc3ccccc3)cc2)c1.I. The Kier molecular flexibility index (Phi) is 9.27. The van der Waals surface area contributed by atoms with Gasteiger partial charge in [-0.15, -0.1) is 24.0 Å². The molecule has 3 aromatic rings. The summed E-state index contributed by atoms with van der Waals surface area (Å²) in [6, 6.07) is 23.3. The molecule has 0 aliphatic heterocycles. The highest BCUT2D eigenvalue weighted by atomic mass is 127. The number of rotatable bonds is 8. The number of anilines is 1. The molecule has 0 aliphatic carbocycles. The van der Waals surface area contributed by atoms with E-state index in [9.17, 15) is 0 Å². The van der Waals surface area contributed by atoms with Crippen LogP contribution in [0.1, 0.15) is 11.1 Å². The van der Waals surface area contributed by atoms with Gasteiger partial charge in [-0.25, -0.2) is 4.99 Å². The maximum atomic E-state index is 6.03. The Morgan fingerprint density at radius 2 is 1.57 bits per heavy atom. The topological polar surface area (TPSA) is 78.1 Å². The van der Waals surface area contributed by atoms with E-state index in [2.05, 4.69) is 10.3 Å². The zero-order chi connectivity index (χ0) is 20.5. The molecule has 0 spiro atoms. The van der Waals surface area contributed by atoms with Crippen LogP contribution in [0.4, 0.5) is 5.69 Å². The van der Waals surface area contributed by atoms with Crippen LogP contribution in [0, 0.1) is 0 Å². The molecule has 0 saturated heterocycles. The fourth-order valence-electron chi connectivity index (χ4n) is 2.70. The molecule has 0 heterocycles. The monoisotopic (exact) mass is 519 g/mol. The maximum Gasteiger partial charge on any atom is 0.193 e. The van der Waals surface area contributed by atoms with E-state index in [0.29, 0.717) is 36.3 Å². The molecule has 158 valence electrons. The molecule has 6 nitrogen and oxygen atoms in total. The minimum Gasteiger partial charge on any atom is -0.497 e. The highest BCUT2D eigenvalue weighted by Gasteiger charge is 2.06. The number of ether oxygens (including phenoxy) is 3. The third-order valence-electron chi connectivity index (χ3n) is 4.27. The second-order valence-corrected chi connectivity index (χ2v) is 6.31. The molecule has 0 saturated carbocycles. The summed E-state index contributed by atoms with van der Waals surface area (Å²) in [6.45, 7) is 0.988. The quantitative estimate of drug-likeness (QED) is 0.253. The molecule has 3 rings (SSSR count). The van der Waals surface area contributed by atoms with Crippen molar-refractivity contribution in [3.63, 3.8) is 0 Å². The van der Waals surface area contributed by atoms with Gasteiger partial charge in [-0.1, -0.05) is 42.5 Å². The van der Waals surface area contributed by atoms with Crippen LogP contribution >= 0.6 is 24.0 Å². The highest BCUT2D eigenvalue weighted by molar-refractivity contribution is 14.0. The molecule has 7 heteroatoms. The van der Waals surface area contributed by atoms with Gasteiger partial charge < -0.3 is 25.3 Å². The maximum absolute atomic E-state index is 6.03. The van der Waals surface area contributed by atoms with Crippen LogP contribution in [0.15, 0.2) is 77.8 Å². The second-order valence-electron chi connectivity index (χ2n) is 6.31. The molecule has 0 bridgehead atoms. The van der Waals surface area contributed by atoms with Crippen molar-refractivity contribution in [3.8, 4) is 17.2 Å². The van der Waals surface area contributed by atoms with Crippen molar-refractivity contribution in [2.75, 3.05) is 19.5 Å². The Balaban J connectivity index is 0.00000320. The summed E-state index contributed by atoms with van der Waals surface area (Å²) in [5.41, 5.74) is 8.88. The van der Waals surface area contributed by atoms with Crippen LogP contribution in [0.25, 0.3) is 0 Å². The molecular weight excluding hydrogens is 493 g/mol. The summed E-state index contributed by atoms with van der Waals surface area (Å²) < 4.78 is 16.4. The highest BCUT2D eigenvalue weighted by Crippen LogP contribution is 2.28. The van der Waals surface area contributed by atoms with Crippen molar-refractivity contribution in [2.45, 2.75) is 13.2 Å². The number of hydrogen-bond acceptors (Lipinski definition) is 4. The number of guanidine groups is 1. The summed E-state index contributed by atoms with van der Waals surface area (Å²) in [7, 11) is 3.21. The van der Waals surface area contributed by atoms with Gasteiger partial charge in [0.15, 0.2) is 5.96 Å². The molecule has 0 atom stereocenters. The van der Waals surface area contributed by atoms with Gasteiger partial charge in [0.25, 0.3) is 0 Å². The Morgan fingerprint density at radius 1 is 0.867 bits per heavy atom. The van der Waals surface area contributed by atoms with E-state index in [1.807, 2.05) is 66.7 Å². The van der Waals surface area contributed by atoms with Crippen LogP contribution in [-0.4, -0.2) is 20.2 Å². The number of methoxy groups -OCH3 is 2. The lowest BCUT2D eigenvalue weighted by Crippen LogP contribution is -2.23. The van der Waals surface area contributed by atoms with Crippen molar-refractivity contribution in [1.82, 2.24) is 0 Å². The first-order valence-corrected chi connectivity index (χ1v) is 9.22.